The highest BCUT2D eigenvalue weighted by Gasteiger charge is 2.11. The van der Waals surface area contributed by atoms with Gasteiger partial charge in [-0.1, -0.05) is 36.4 Å². The van der Waals surface area contributed by atoms with Gasteiger partial charge < -0.3 is 16.8 Å². The molecule has 0 fully saturated rings. The lowest BCUT2D eigenvalue weighted by Gasteiger charge is -2.14. The van der Waals surface area contributed by atoms with Crippen LogP contribution in [0.2, 0.25) is 0 Å². The molecule has 3 aromatic rings. The minimum Gasteiger partial charge on any atom is -0.354 e. The highest BCUT2D eigenvalue weighted by molar-refractivity contribution is 5.81. The van der Waals surface area contributed by atoms with Crippen molar-refractivity contribution in [3.8, 4) is 22.3 Å². The summed E-state index contributed by atoms with van der Waals surface area (Å²) in [4.78, 5) is 12.5. The summed E-state index contributed by atoms with van der Waals surface area (Å²) in [5, 5.41) is 2.87. The maximum absolute atomic E-state index is 13.4. The third kappa shape index (κ3) is 6.70. The van der Waals surface area contributed by atoms with Gasteiger partial charge >= 0.3 is 0 Å². The fourth-order valence-electron chi connectivity index (χ4n) is 3.39. The van der Waals surface area contributed by atoms with Gasteiger partial charge in [-0.05, 0) is 77.5 Å². The number of halogens is 2. The monoisotopic (exact) mass is 423 g/mol. The number of hydrogen-bond acceptors (Lipinski definition) is 3. The fourth-order valence-corrected chi connectivity index (χ4v) is 3.39. The van der Waals surface area contributed by atoms with Crippen molar-refractivity contribution in [3.63, 3.8) is 0 Å². The lowest BCUT2D eigenvalue weighted by molar-refractivity contribution is -0.120. The maximum Gasteiger partial charge on any atom is 0.224 e. The Kier molecular flexibility index (Phi) is 7.87. The molecule has 1 amide bonds. The minimum absolute atomic E-state index is 0.132. The van der Waals surface area contributed by atoms with Gasteiger partial charge in [-0.3, -0.25) is 4.79 Å². The molecule has 0 aliphatic heterocycles. The predicted octanol–water partition coefficient (Wildman–Crippen LogP) is 4.02. The van der Waals surface area contributed by atoms with Crippen molar-refractivity contribution in [1.82, 2.24) is 5.32 Å². The van der Waals surface area contributed by atoms with Crippen molar-refractivity contribution < 1.29 is 13.6 Å². The second kappa shape index (κ2) is 10.8. The number of nitrogens with two attached hydrogens (primary N) is 2. The van der Waals surface area contributed by atoms with Gasteiger partial charge in [0.2, 0.25) is 5.91 Å². The lowest BCUT2D eigenvalue weighted by Crippen LogP contribution is -2.38. The highest BCUT2D eigenvalue weighted by atomic mass is 19.1. The van der Waals surface area contributed by atoms with Crippen molar-refractivity contribution in [3.05, 3.63) is 83.9 Å². The molecule has 5 N–H and O–H groups in total. The Balaban J connectivity index is 1.83. The third-order valence-electron chi connectivity index (χ3n) is 5.05. The van der Waals surface area contributed by atoms with Crippen LogP contribution in [-0.2, 0) is 11.2 Å². The van der Waals surface area contributed by atoms with Crippen molar-refractivity contribution in [2.45, 2.75) is 25.3 Å². The SMILES string of the molecule is NCCC[C@H](N)CNC(=O)Cc1cc(-c2ccc(F)cc2)cc(-c2ccc(F)cc2)c1. The zero-order valence-electron chi connectivity index (χ0n) is 17.3. The lowest BCUT2D eigenvalue weighted by atomic mass is 9.95. The van der Waals surface area contributed by atoms with Crippen LogP contribution in [0.3, 0.4) is 0 Å². The van der Waals surface area contributed by atoms with E-state index in [1.165, 1.54) is 24.3 Å². The van der Waals surface area contributed by atoms with Gasteiger partial charge in [-0.15, -0.1) is 0 Å². The summed E-state index contributed by atoms with van der Waals surface area (Å²) in [5.41, 5.74) is 15.6. The molecule has 0 aliphatic carbocycles. The molecule has 1 atom stereocenters. The van der Waals surface area contributed by atoms with Crippen molar-refractivity contribution in [2.24, 2.45) is 11.5 Å². The van der Waals surface area contributed by atoms with E-state index < -0.39 is 0 Å². The molecule has 0 heterocycles. The molecule has 0 saturated heterocycles. The van der Waals surface area contributed by atoms with Gasteiger partial charge in [0, 0.05) is 12.6 Å². The average Bonchev–Trinajstić information content (AvgIpc) is 2.77. The Morgan fingerprint density at radius 2 is 1.35 bits per heavy atom. The first-order chi connectivity index (χ1) is 14.9. The molecule has 0 aromatic heterocycles. The molecule has 0 spiro atoms. The number of nitrogens with one attached hydrogen (secondary N) is 1. The van der Waals surface area contributed by atoms with Crippen molar-refractivity contribution in [2.75, 3.05) is 13.1 Å². The van der Waals surface area contributed by atoms with E-state index in [0.717, 1.165) is 40.7 Å². The smallest absolute Gasteiger partial charge is 0.224 e. The summed E-state index contributed by atoms with van der Waals surface area (Å²) < 4.78 is 26.7. The summed E-state index contributed by atoms with van der Waals surface area (Å²) in [5.74, 6) is -0.766. The minimum atomic E-state index is -0.316. The van der Waals surface area contributed by atoms with E-state index in [0.29, 0.717) is 13.1 Å². The van der Waals surface area contributed by atoms with Crippen LogP contribution in [0.25, 0.3) is 22.3 Å². The number of hydrogen-bond donors (Lipinski definition) is 3. The quantitative estimate of drug-likeness (QED) is 0.486. The van der Waals surface area contributed by atoms with Crippen LogP contribution in [0.15, 0.2) is 66.7 Å². The van der Waals surface area contributed by atoms with Crippen molar-refractivity contribution >= 4 is 5.91 Å². The maximum atomic E-state index is 13.4. The molecule has 31 heavy (non-hydrogen) atoms. The van der Waals surface area contributed by atoms with Crippen LogP contribution in [0.5, 0.6) is 0 Å². The fraction of sp³-hybridized carbons (Fsp3) is 0.240. The Morgan fingerprint density at radius 3 is 1.84 bits per heavy atom. The van der Waals surface area contributed by atoms with E-state index in [1.807, 2.05) is 18.2 Å². The molecular weight excluding hydrogens is 396 g/mol. The number of amides is 1. The van der Waals surface area contributed by atoms with Crippen molar-refractivity contribution in [1.29, 1.82) is 0 Å². The zero-order valence-corrected chi connectivity index (χ0v) is 17.3. The van der Waals surface area contributed by atoms with Crippen LogP contribution in [0, 0.1) is 11.6 Å². The second-order valence-corrected chi connectivity index (χ2v) is 7.60. The van der Waals surface area contributed by atoms with E-state index in [9.17, 15) is 13.6 Å². The molecule has 0 bridgehead atoms. The number of carbonyl (C=O) groups is 1. The standard InChI is InChI=1S/C25H27F2N3O/c26-22-7-3-18(4-8-22)20-12-17(14-25(31)30-16-24(29)2-1-11-28)13-21(15-20)19-5-9-23(27)10-6-19/h3-10,12-13,15,24H,1-2,11,14,16,28-29H2,(H,30,31)/t24-/m0/s1. The van der Waals surface area contributed by atoms with Crippen LogP contribution in [-0.4, -0.2) is 25.0 Å². The number of rotatable bonds is 9. The first-order valence-electron chi connectivity index (χ1n) is 10.3. The van der Waals surface area contributed by atoms with Crippen LogP contribution in [0.1, 0.15) is 18.4 Å². The summed E-state index contributed by atoms with van der Waals surface area (Å²) in [6.07, 6.45) is 1.75. The van der Waals surface area contributed by atoms with Gasteiger partial charge in [-0.2, -0.15) is 0 Å². The highest BCUT2D eigenvalue weighted by Crippen LogP contribution is 2.29. The molecule has 6 heteroatoms. The molecular formula is C25H27F2N3O. The summed E-state index contributed by atoms with van der Waals surface area (Å²) >= 11 is 0. The van der Waals surface area contributed by atoms with Gasteiger partial charge in [-0.25, -0.2) is 8.78 Å². The molecule has 162 valence electrons. The number of benzene rings is 3. The van der Waals surface area contributed by atoms with Crippen LogP contribution in [0.4, 0.5) is 8.78 Å². The van der Waals surface area contributed by atoms with Gasteiger partial charge in [0.1, 0.15) is 11.6 Å². The first kappa shape index (κ1) is 22.6. The third-order valence-corrected chi connectivity index (χ3v) is 5.05. The van der Waals surface area contributed by atoms with E-state index in [1.54, 1.807) is 24.3 Å². The summed E-state index contributed by atoms with van der Waals surface area (Å²) in [6, 6.07) is 18.0. The van der Waals surface area contributed by atoms with Gasteiger partial charge in [0.25, 0.3) is 0 Å². The van der Waals surface area contributed by atoms with E-state index in [-0.39, 0.29) is 30.0 Å². The van der Waals surface area contributed by atoms with Gasteiger partial charge in [0.05, 0.1) is 6.42 Å². The Bertz CT molecular complexity index is 941. The average molecular weight is 424 g/mol. The second-order valence-electron chi connectivity index (χ2n) is 7.60. The normalized spacial score (nSPS) is 11.9. The Morgan fingerprint density at radius 1 is 0.839 bits per heavy atom. The molecule has 3 aromatic carbocycles. The Hall–Kier alpha value is -3.09. The van der Waals surface area contributed by atoms with Gasteiger partial charge in [0.15, 0.2) is 0 Å². The largest absolute Gasteiger partial charge is 0.354 e. The molecule has 0 aliphatic rings. The molecule has 3 rings (SSSR count). The van der Waals surface area contributed by atoms with Crippen LogP contribution < -0.4 is 16.8 Å². The van der Waals surface area contributed by atoms with Crippen LogP contribution >= 0.6 is 0 Å². The van der Waals surface area contributed by atoms with E-state index >= 15 is 0 Å². The predicted molar refractivity (Wildman–Crippen MR) is 120 cm³/mol. The topological polar surface area (TPSA) is 81.1 Å². The summed E-state index contributed by atoms with van der Waals surface area (Å²) in [7, 11) is 0. The molecule has 0 unspecified atom stereocenters. The molecule has 0 saturated carbocycles. The molecule has 0 radical (unpaired) electrons. The zero-order chi connectivity index (χ0) is 22.2. The number of carbonyl (C=O) groups excluding carboxylic acids is 1. The summed E-state index contributed by atoms with van der Waals surface area (Å²) in [6.45, 7) is 0.964. The van der Waals surface area contributed by atoms with E-state index in [4.69, 9.17) is 11.5 Å². The van der Waals surface area contributed by atoms with E-state index in [2.05, 4.69) is 5.32 Å². The molecule has 4 nitrogen and oxygen atoms in total. The Labute approximate surface area is 181 Å². The first-order valence-corrected chi connectivity index (χ1v) is 10.3.